The van der Waals surface area contributed by atoms with Crippen molar-refractivity contribution in [2.75, 3.05) is 25.3 Å². The fourth-order valence-electron chi connectivity index (χ4n) is 1.59. The third kappa shape index (κ3) is 1.57. The van der Waals surface area contributed by atoms with Crippen LogP contribution in [0, 0.1) is 0 Å². The normalized spacial score (nSPS) is 14.2. The minimum atomic E-state index is 0.858. The van der Waals surface area contributed by atoms with Crippen LogP contribution in [0.1, 0.15) is 11.3 Å². The van der Waals surface area contributed by atoms with Gasteiger partial charge in [0.25, 0.3) is 0 Å². The molecule has 14 heavy (non-hydrogen) atoms. The summed E-state index contributed by atoms with van der Waals surface area (Å²) in [5.41, 5.74) is 2.39. The van der Waals surface area contributed by atoms with Crippen molar-refractivity contribution < 1.29 is 0 Å². The Kier molecular flexibility index (Phi) is 2.60. The summed E-state index contributed by atoms with van der Waals surface area (Å²) in [6.45, 7) is 1.75. The van der Waals surface area contributed by atoms with Crippen molar-refractivity contribution in [1.82, 2.24) is 15.3 Å². The summed E-state index contributed by atoms with van der Waals surface area (Å²) in [5.74, 6) is 1.05. The van der Waals surface area contributed by atoms with E-state index in [-0.39, 0.29) is 0 Å². The predicted octanol–water partition coefficient (Wildman–Crippen LogP) is 0.868. The number of hydrogen-bond acceptors (Lipinski definition) is 5. The van der Waals surface area contributed by atoms with E-state index < -0.39 is 0 Å². The van der Waals surface area contributed by atoms with Crippen LogP contribution in [0.5, 0.6) is 0 Å². The zero-order chi connectivity index (χ0) is 10.1. The Morgan fingerprint density at radius 3 is 2.71 bits per heavy atom. The first-order chi connectivity index (χ1) is 6.72. The zero-order valence-corrected chi connectivity index (χ0v) is 9.48. The Balaban J connectivity index is 2.52. The van der Waals surface area contributed by atoms with Crippen LogP contribution in [0.4, 0.5) is 5.82 Å². The number of aromatic nitrogens is 2. The van der Waals surface area contributed by atoms with Crippen molar-refractivity contribution in [3.05, 3.63) is 11.3 Å². The molecule has 2 rings (SSSR count). The van der Waals surface area contributed by atoms with Crippen LogP contribution in [-0.4, -0.2) is 30.3 Å². The van der Waals surface area contributed by atoms with Crippen LogP contribution in [0.15, 0.2) is 5.16 Å². The third-order valence-corrected chi connectivity index (χ3v) is 2.80. The predicted molar refractivity (Wildman–Crippen MR) is 58.7 cm³/mol. The molecule has 1 aliphatic heterocycles. The van der Waals surface area contributed by atoms with Crippen LogP contribution >= 0.6 is 11.8 Å². The Bertz CT molecular complexity index is 351. The van der Waals surface area contributed by atoms with Gasteiger partial charge in [0, 0.05) is 32.7 Å². The van der Waals surface area contributed by atoms with Crippen molar-refractivity contribution in [3.63, 3.8) is 0 Å². The Morgan fingerprint density at radius 1 is 1.29 bits per heavy atom. The maximum Gasteiger partial charge on any atom is 0.189 e. The standard InChI is InChI=1S/C9H14N4S/c1-13(2)8-6-4-10-5-7(6)11-9(12-8)14-3/h10H,4-5H2,1-3H3. The van der Waals surface area contributed by atoms with Gasteiger partial charge in [0.1, 0.15) is 5.82 Å². The molecule has 1 N–H and O–H groups in total. The van der Waals surface area contributed by atoms with E-state index in [1.165, 1.54) is 5.56 Å². The highest BCUT2D eigenvalue weighted by Crippen LogP contribution is 2.25. The monoisotopic (exact) mass is 210 g/mol. The molecule has 0 unspecified atom stereocenters. The number of rotatable bonds is 2. The van der Waals surface area contributed by atoms with Gasteiger partial charge in [-0.1, -0.05) is 11.8 Å². The lowest BCUT2D eigenvalue weighted by Crippen LogP contribution is -2.15. The molecule has 1 aliphatic rings. The summed E-state index contributed by atoms with van der Waals surface area (Å²) in [6.07, 6.45) is 2.00. The first kappa shape index (κ1) is 9.73. The van der Waals surface area contributed by atoms with Gasteiger partial charge >= 0.3 is 0 Å². The highest BCUT2D eigenvalue weighted by atomic mass is 32.2. The first-order valence-electron chi connectivity index (χ1n) is 4.54. The molecule has 5 heteroatoms. The van der Waals surface area contributed by atoms with Gasteiger partial charge in [-0.2, -0.15) is 0 Å². The number of hydrogen-bond donors (Lipinski definition) is 1. The Morgan fingerprint density at radius 2 is 2.07 bits per heavy atom. The molecule has 1 aromatic rings. The molecule has 76 valence electrons. The van der Waals surface area contributed by atoms with Crippen LogP contribution in [0.3, 0.4) is 0 Å². The molecule has 0 amide bonds. The van der Waals surface area contributed by atoms with Crippen molar-refractivity contribution in [2.45, 2.75) is 18.2 Å². The Labute approximate surface area is 88.1 Å². The largest absolute Gasteiger partial charge is 0.362 e. The highest BCUT2D eigenvalue weighted by Gasteiger charge is 2.19. The molecule has 0 atom stereocenters. The number of fused-ring (bicyclic) bond motifs is 1. The SMILES string of the molecule is CSc1nc2c(c(N(C)C)n1)CNC2. The minimum absolute atomic E-state index is 0.858. The molecule has 0 saturated carbocycles. The lowest BCUT2D eigenvalue weighted by Gasteiger charge is -2.15. The van der Waals surface area contributed by atoms with Gasteiger partial charge in [-0.25, -0.2) is 9.97 Å². The smallest absolute Gasteiger partial charge is 0.189 e. The fraction of sp³-hybridized carbons (Fsp3) is 0.556. The van der Waals surface area contributed by atoms with E-state index in [0.717, 1.165) is 29.8 Å². The van der Waals surface area contributed by atoms with Crippen LogP contribution in [-0.2, 0) is 13.1 Å². The molecule has 0 radical (unpaired) electrons. The lowest BCUT2D eigenvalue weighted by atomic mass is 10.2. The molecule has 0 spiro atoms. The van der Waals surface area contributed by atoms with Gasteiger partial charge in [-0.3, -0.25) is 0 Å². The molecule has 0 aromatic carbocycles. The van der Waals surface area contributed by atoms with Crippen LogP contribution < -0.4 is 10.2 Å². The van der Waals surface area contributed by atoms with Gasteiger partial charge in [0.05, 0.1) is 5.69 Å². The summed E-state index contributed by atoms with van der Waals surface area (Å²) in [7, 11) is 4.04. The van der Waals surface area contributed by atoms with Crippen molar-refractivity contribution in [1.29, 1.82) is 0 Å². The van der Waals surface area contributed by atoms with Crippen molar-refractivity contribution >= 4 is 17.6 Å². The number of nitrogens with zero attached hydrogens (tertiary/aromatic N) is 3. The van der Waals surface area contributed by atoms with Gasteiger partial charge in [0.15, 0.2) is 5.16 Å². The van der Waals surface area contributed by atoms with Crippen LogP contribution in [0.2, 0.25) is 0 Å². The van der Waals surface area contributed by atoms with E-state index in [0.29, 0.717) is 0 Å². The lowest BCUT2D eigenvalue weighted by molar-refractivity contribution is 0.754. The average Bonchev–Trinajstić information content (AvgIpc) is 2.63. The fourth-order valence-corrected chi connectivity index (χ4v) is 1.97. The summed E-state index contributed by atoms with van der Waals surface area (Å²) in [4.78, 5) is 11.0. The molecular weight excluding hydrogens is 196 g/mol. The molecule has 0 fully saturated rings. The second-order valence-electron chi connectivity index (χ2n) is 3.46. The molecule has 0 aliphatic carbocycles. The van der Waals surface area contributed by atoms with Gasteiger partial charge in [0.2, 0.25) is 0 Å². The van der Waals surface area contributed by atoms with E-state index >= 15 is 0 Å². The minimum Gasteiger partial charge on any atom is -0.362 e. The molecule has 4 nitrogen and oxygen atoms in total. The number of thioether (sulfide) groups is 1. The summed E-state index contributed by atoms with van der Waals surface area (Å²) in [5, 5.41) is 4.15. The average molecular weight is 210 g/mol. The van der Waals surface area contributed by atoms with E-state index in [4.69, 9.17) is 0 Å². The quantitative estimate of drug-likeness (QED) is 0.579. The second-order valence-corrected chi connectivity index (χ2v) is 4.23. The summed E-state index contributed by atoms with van der Waals surface area (Å²) < 4.78 is 0. The van der Waals surface area contributed by atoms with E-state index in [9.17, 15) is 0 Å². The second kappa shape index (κ2) is 3.74. The Hall–Kier alpha value is -0.810. The molecule has 1 aromatic heterocycles. The third-order valence-electron chi connectivity index (χ3n) is 2.25. The summed E-state index contributed by atoms with van der Waals surface area (Å²) >= 11 is 1.59. The topological polar surface area (TPSA) is 41.1 Å². The van der Waals surface area contributed by atoms with Gasteiger partial charge in [-0.05, 0) is 6.26 Å². The van der Waals surface area contributed by atoms with Crippen molar-refractivity contribution in [2.24, 2.45) is 0 Å². The molecular formula is C9H14N4S. The maximum atomic E-state index is 4.50. The first-order valence-corrected chi connectivity index (χ1v) is 5.76. The van der Waals surface area contributed by atoms with E-state index in [1.807, 2.05) is 25.3 Å². The molecule has 2 heterocycles. The maximum absolute atomic E-state index is 4.50. The summed E-state index contributed by atoms with van der Waals surface area (Å²) in [6, 6.07) is 0. The van der Waals surface area contributed by atoms with Gasteiger partial charge < -0.3 is 10.2 Å². The molecule has 0 saturated heterocycles. The highest BCUT2D eigenvalue weighted by molar-refractivity contribution is 7.98. The van der Waals surface area contributed by atoms with Gasteiger partial charge in [-0.15, -0.1) is 0 Å². The van der Waals surface area contributed by atoms with Crippen LogP contribution in [0.25, 0.3) is 0 Å². The van der Waals surface area contributed by atoms with E-state index in [2.05, 4.69) is 15.3 Å². The molecule has 0 bridgehead atoms. The number of nitrogens with one attached hydrogen (secondary N) is 1. The van der Waals surface area contributed by atoms with Crippen molar-refractivity contribution in [3.8, 4) is 0 Å². The zero-order valence-electron chi connectivity index (χ0n) is 8.66. The van der Waals surface area contributed by atoms with E-state index in [1.54, 1.807) is 11.8 Å². The number of anilines is 1.